The van der Waals surface area contributed by atoms with Crippen molar-refractivity contribution in [2.75, 3.05) is 11.9 Å². The Labute approximate surface area is 96.1 Å². The highest BCUT2D eigenvalue weighted by atomic mass is 32.1. The molecule has 0 saturated carbocycles. The second-order valence-corrected chi connectivity index (χ2v) is 5.26. The Bertz CT molecular complexity index is 346. The molecular formula is C9H14F3N3S. The van der Waals surface area contributed by atoms with E-state index < -0.39 is 11.2 Å². The molecule has 1 heterocycles. The van der Waals surface area contributed by atoms with Gasteiger partial charge in [-0.3, -0.25) is 0 Å². The number of anilines is 1. The van der Waals surface area contributed by atoms with E-state index >= 15 is 0 Å². The van der Waals surface area contributed by atoms with Crippen molar-refractivity contribution in [1.82, 2.24) is 10.2 Å². The van der Waals surface area contributed by atoms with E-state index in [-0.39, 0.29) is 10.5 Å². The van der Waals surface area contributed by atoms with Crippen molar-refractivity contribution >= 4 is 16.5 Å². The van der Waals surface area contributed by atoms with Crippen LogP contribution in [0.25, 0.3) is 0 Å². The van der Waals surface area contributed by atoms with Crippen LogP contribution < -0.4 is 5.32 Å². The molecule has 16 heavy (non-hydrogen) atoms. The molecular weight excluding hydrogens is 239 g/mol. The number of hydrogen-bond acceptors (Lipinski definition) is 4. The van der Waals surface area contributed by atoms with Crippen LogP contribution in [0.15, 0.2) is 0 Å². The van der Waals surface area contributed by atoms with Gasteiger partial charge in [-0.1, -0.05) is 32.1 Å². The van der Waals surface area contributed by atoms with Crippen LogP contribution in [-0.4, -0.2) is 16.7 Å². The smallest absolute Gasteiger partial charge is 0.360 e. The summed E-state index contributed by atoms with van der Waals surface area (Å²) in [5.74, 6) is 0. The first-order valence-corrected chi connectivity index (χ1v) is 5.71. The molecule has 0 bridgehead atoms. The van der Waals surface area contributed by atoms with Gasteiger partial charge >= 0.3 is 6.18 Å². The predicted octanol–water partition coefficient (Wildman–Crippen LogP) is 3.41. The third-order valence-electron chi connectivity index (χ3n) is 2.34. The maximum absolute atomic E-state index is 12.2. The summed E-state index contributed by atoms with van der Waals surface area (Å²) in [4.78, 5) is 0. The van der Waals surface area contributed by atoms with E-state index in [4.69, 9.17) is 0 Å². The van der Waals surface area contributed by atoms with Gasteiger partial charge in [-0.05, 0) is 11.8 Å². The fourth-order valence-electron chi connectivity index (χ4n) is 0.849. The van der Waals surface area contributed by atoms with Crippen LogP contribution in [0.3, 0.4) is 0 Å². The molecule has 0 radical (unpaired) electrons. The highest BCUT2D eigenvalue weighted by Gasteiger charge is 2.35. The Balaban J connectivity index is 2.60. The molecule has 3 nitrogen and oxygen atoms in total. The Hall–Kier alpha value is -0.850. The average molecular weight is 253 g/mol. The average Bonchev–Trinajstić information content (AvgIpc) is 2.63. The molecule has 0 unspecified atom stereocenters. The van der Waals surface area contributed by atoms with E-state index in [1.165, 1.54) is 0 Å². The number of nitrogens with one attached hydrogen (secondary N) is 1. The molecule has 0 aliphatic rings. The minimum atomic E-state index is -4.40. The molecule has 1 N–H and O–H groups in total. The quantitative estimate of drug-likeness (QED) is 0.893. The van der Waals surface area contributed by atoms with Crippen LogP contribution in [0.2, 0.25) is 0 Å². The van der Waals surface area contributed by atoms with Crippen molar-refractivity contribution in [2.24, 2.45) is 5.41 Å². The molecule has 1 aromatic heterocycles. The summed E-state index contributed by atoms with van der Waals surface area (Å²) in [6.45, 7) is 6.68. The van der Waals surface area contributed by atoms with Gasteiger partial charge in [0.25, 0.3) is 0 Å². The lowest BCUT2D eigenvalue weighted by Crippen LogP contribution is -2.21. The third-order valence-corrected chi connectivity index (χ3v) is 3.27. The highest BCUT2D eigenvalue weighted by Crippen LogP contribution is 2.33. The zero-order chi connectivity index (χ0) is 12.4. The first-order valence-electron chi connectivity index (χ1n) is 4.89. The summed E-state index contributed by atoms with van der Waals surface area (Å²) in [5, 5.41) is 8.73. The Kier molecular flexibility index (Phi) is 3.77. The van der Waals surface area contributed by atoms with Crippen LogP contribution in [0, 0.1) is 5.41 Å². The number of aromatic nitrogens is 2. The first-order chi connectivity index (χ1) is 7.24. The van der Waals surface area contributed by atoms with Crippen molar-refractivity contribution in [3.63, 3.8) is 0 Å². The van der Waals surface area contributed by atoms with Crippen LogP contribution in [0.5, 0.6) is 0 Å². The molecule has 1 aromatic rings. The van der Waals surface area contributed by atoms with E-state index in [2.05, 4.69) is 15.5 Å². The van der Waals surface area contributed by atoms with Gasteiger partial charge in [-0.15, -0.1) is 10.2 Å². The second kappa shape index (κ2) is 4.57. The standard InChI is InChI=1S/C9H14F3N3S/c1-4-8(2,3)5-13-7-15-14-6(16-7)9(10,11)12/h4-5H2,1-3H3,(H,13,15). The van der Waals surface area contributed by atoms with E-state index in [0.717, 1.165) is 6.42 Å². The molecule has 0 spiro atoms. The zero-order valence-electron chi connectivity index (χ0n) is 9.35. The Morgan fingerprint density at radius 1 is 1.25 bits per heavy atom. The molecule has 0 amide bonds. The SMILES string of the molecule is CCC(C)(C)CNc1nnc(C(F)(F)F)s1. The molecule has 1 rings (SSSR count). The van der Waals surface area contributed by atoms with Gasteiger partial charge in [0, 0.05) is 6.54 Å². The molecule has 0 saturated heterocycles. The minimum absolute atomic E-state index is 0.0318. The molecule has 0 aromatic carbocycles. The molecule has 0 aliphatic heterocycles. The second-order valence-electron chi connectivity index (χ2n) is 4.28. The van der Waals surface area contributed by atoms with Gasteiger partial charge in [-0.2, -0.15) is 13.2 Å². The molecule has 0 aliphatic carbocycles. The fraction of sp³-hybridized carbons (Fsp3) is 0.778. The van der Waals surface area contributed by atoms with Crippen molar-refractivity contribution in [1.29, 1.82) is 0 Å². The lowest BCUT2D eigenvalue weighted by atomic mass is 9.90. The van der Waals surface area contributed by atoms with Crippen LogP contribution >= 0.6 is 11.3 Å². The number of rotatable bonds is 4. The van der Waals surface area contributed by atoms with Crippen molar-refractivity contribution in [3.8, 4) is 0 Å². The van der Waals surface area contributed by atoms with Crippen molar-refractivity contribution in [3.05, 3.63) is 5.01 Å². The Morgan fingerprint density at radius 3 is 2.31 bits per heavy atom. The maximum Gasteiger partial charge on any atom is 0.445 e. The number of halogens is 3. The van der Waals surface area contributed by atoms with Crippen molar-refractivity contribution < 1.29 is 13.2 Å². The number of alkyl halides is 3. The van der Waals surface area contributed by atoms with E-state index in [0.29, 0.717) is 17.9 Å². The number of hydrogen-bond donors (Lipinski definition) is 1. The number of nitrogens with zero attached hydrogens (tertiary/aromatic N) is 2. The summed E-state index contributed by atoms with van der Waals surface area (Å²) < 4.78 is 36.7. The highest BCUT2D eigenvalue weighted by molar-refractivity contribution is 7.15. The summed E-state index contributed by atoms with van der Waals surface area (Å²) in [5.41, 5.74) is 0.0318. The van der Waals surface area contributed by atoms with Gasteiger partial charge in [0.2, 0.25) is 10.1 Å². The predicted molar refractivity (Wildman–Crippen MR) is 57.5 cm³/mol. The van der Waals surface area contributed by atoms with Crippen LogP contribution in [0.1, 0.15) is 32.2 Å². The topological polar surface area (TPSA) is 37.8 Å². The third kappa shape index (κ3) is 3.62. The van der Waals surface area contributed by atoms with Gasteiger partial charge in [0.05, 0.1) is 0 Å². The van der Waals surface area contributed by atoms with Gasteiger partial charge in [0.1, 0.15) is 0 Å². The largest absolute Gasteiger partial charge is 0.445 e. The van der Waals surface area contributed by atoms with Crippen molar-refractivity contribution in [2.45, 2.75) is 33.4 Å². The molecule has 92 valence electrons. The molecule has 7 heteroatoms. The normalized spacial score (nSPS) is 12.9. The van der Waals surface area contributed by atoms with Gasteiger partial charge in [0.15, 0.2) is 0 Å². The zero-order valence-corrected chi connectivity index (χ0v) is 10.2. The monoisotopic (exact) mass is 253 g/mol. The summed E-state index contributed by atoms with van der Waals surface area (Å²) in [6.07, 6.45) is -3.47. The van der Waals surface area contributed by atoms with Crippen LogP contribution in [0.4, 0.5) is 18.3 Å². The van der Waals surface area contributed by atoms with Gasteiger partial charge < -0.3 is 5.32 Å². The van der Waals surface area contributed by atoms with E-state index in [1.807, 2.05) is 20.8 Å². The first kappa shape index (κ1) is 13.2. The lowest BCUT2D eigenvalue weighted by Gasteiger charge is -2.22. The fourth-order valence-corrected chi connectivity index (χ4v) is 1.46. The summed E-state index contributed by atoms with van der Waals surface area (Å²) >= 11 is 0.533. The molecule has 0 fully saturated rings. The molecule has 0 atom stereocenters. The lowest BCUT2D eigenvalue weighted by molar-refractivity contribution is -0.138. The summed E-state index contributed by atoms with van der Waals surface area (Å²) in [7, 11) is 0. The van der Waals surface area contributed by atoms with Crippen LogP contribution in [-0.2, 0) is 6.18 Å². The van der Waals surface area contributed by atoms with E-state index in [1.54, 1.807) is 0 Å². The van der Waals surface area contributed by atoms with Gasteiger partial charge in [-0.25, -0.2) is 0 Å². The minimum Gasteiger partial charge on any atom is -0.360 e. The summed E-state index contributed by atoms with van der Waals surface area (Å²) in [6, 6.07) is 0. The maximum atomic E-state index is 12.2. The van der Waals surface area contributed by atoms with E-state index in [9.17, 15) is 13.2 Å². The Morgan fingerprint density at radius 2 is 1.88 bits per heavy atom.